The number of benzene rings is 1. The van der Waals surface area contributed by atoms with Crippen molar-refractivity contribution >= 4 is 21.9 Å². The SMILES string of the molecule is COc1ccc(F)cc1S(=O)(=O)N(C)/N=C/c1cnc2ccc(-c3cccnc3F)cn12. The molecule has 1 aromatic carbocycles. The lowest BCUT2D eigenvalue weighted by Crippen LogP contribution is -2.22. The van der Waals surface area contributed by atoms with E-state index in [4.69, 9.17) is 4.74 Å². The Morgan fingerprint density at radius 3 is 2.72 bits per heavy atom. The smallest absolute Gasteiger partial charge is 0.282 e. The van der Waals surface area contributed by atoms with E-state index in [-0.39, 0.29) is 10.6 Å². The Kier molecular flexibility index (Phi) is 5.57. The van der Waals surface area contributed by atoms with Gasteiger partial charge in [-0.3, -0.25) is 4.40 Å². The van der Waals surface area contributed by atoms with Gasteiger partial charge in [-0.05, 0) is 42.5 Å². The number of nitrogens with zero attached hydrogens (tertiary/aromatic N) is 5. The van der Waals surface area contributed by atoms with Gasteiger partial charge in [0, 0.05) is 30.6 Å². The van der Waals surface area contributed by atoms with Crippen LogP contribution in [-0.2, 0) is 10.0 Å². The summed E-state index contributed by atoms with van der Waals surface area (Å²) in [6.07, 6.45) is 5.78. The first kappa shape index (κ1) is 21.4. The molecule has 0 saturated carbocycles. The third-order valence-corrected chi connectivity index (χ3v) is 6.37. The van der Waals surface area contributed by atoms with Crippen molar-refractivity contribution in [1.82, 2.24) is 18.8 Å². The Morgan fingerprint density at radius 2 is 1.97 bits per heavy atom. The van der Waals surface area contributed by atoms with Crippen LogP contribution in [-0.4, -0.2) is 47.6 Å². The summed E-state index contributed by atoms with van der Waals surface area (Å²) in [6.45, 7) is 0. The first-order chi connectivity index (χ1) is 15.3. The number of imidazole rings is 1. The Morgan fingerprint density at radius 1 is 1.16 bits per heavy atom. The summed E-state index contributed by atoms with van der Waals surface area (Å²) in [7, 11) is -1.68. The monoisotopic (exact) mass is 457 g/mol. The van der Waals surface area contributed by atoms with E-state index in [2.05, 4.69) is 15.1 Å². The predicted octanol–water partition coefficient (Wildman–Crippen LogP) is 3.34. The second-order valence-corrected chi connectivity index (χ2v) is 8.57. The topological polar surface area (TPSA) is 89.2 Å². The lowest BCUT2D eigenvalue weighted by atomic mass is 10.1. The fraction of sp³-hybridized carbons (Fsp3) is 0.0952. The van der Waals surface area contributed by atoms with E-state index in [1.807, 2.05) is 0 Å². The first-order valence-electron chi connectivity index (χ1n) is 9.25. The molecule has 4 aromatic rings. The maximum absolute atomic E-state index is 14.1. The highest BCUT2D eigenvalue weighted by Crippen LogP contribution is 2.27. The second kappa shape index (κ2) is 8.35. The van der Waals surface area contributed by atoms with Crippen LogP contribution in [0.4, 0.5) is 8.78 Å². The highest BCUT2D eigenvalue weighted by atomic mass is 32.2. The highest BCUT2D eigenvalue weighted by molar-refractivity contribution is 7.89. The molecule has 0 atom stereocenters. The molecular formula is C21H17F2N5O3S. The van der Waals surface area contributed by atoms with Crippen molar-refractivity contribution in [3.63, 3.8) is 0 Å². The summed E-state index contributed by atoms with van der Waals surface area (Å²) in [5.74, 6) is -1.35. The summed E-state index contributed by atoms with van der Waals surface area (Å²) in [6, 6.07) is 9.81. The average molecular weight is 457 g/mol. The van der Waals surface area contributed by atoms with Gasteiger partial charge in [0.2, 0.25) is 5.95 Å². The molecule has 0 spiro atoms. The number of hydrogen-bond donors (Lipinski definition) is 0. The highest BCUT2D eigenvalue weighted by Gasteiger charge is 2.24. The molecule has 0 bridgehead atoms. The van der Waals surface area contributed by atoms with Gasteiger partial charge in [-0.1, -0.05) is 0 Å². The zero-order valence-electron chi connectivity index (χ0n) is 17.0. The summed E-state index contributed by atoms with van der Waals surface area (Å²) >= 11 is 0. The number of aromatic nitrogens is 3. The van der Waals surface area contributed by atoms with Crippen LogP contribution < -0.4 is 4.74 Å². The molecule has 0 amide bonds. The quantitative estimate of drug-likeness (QED) is 0.252. The zero-order valence-corrected chi connectivity index (χ0v) is 17.8. The first-order valence-corrected chi connectivity index (χ1v) is 10.7. The molecule has 0 fully saturated rings. The summed E-state index contributed by atoms with van der Waals surface area (Å²) < 4.78 is 60.8. The number of ether oxygens (including phenoxy) is 1. The molecule has 0 unspecified atom stereocenters. The van der Waals surface area contributed by atoms with Crippen molar-refractivity contribution in [1.29, 1.82) is 0 Å². The summed E-state index contributed by atoms with van der Waals surface area (Å²) in [5, 5.41) is 3.98. The minimum Gasteiger partial charge on any atom is -0.495 e. The molecule has 3 aromatic heterocycles. The molecule has 8 nitrogen and oxygen atoms in total. The van der Waals surface area contributed by atoms with E-state index in [1.165, 1.54) is 38.8 Å². The molecule has 164 valence electrons. The third kappa shape index (κ3) is 3.89. The lowest BCUT2D eigenvalue weighted by molar-refractivity contribution is 0.397. The summed E-state index contributed by atoms with van der Waals surface area (Å²) in [4.78, 5) is 7.54. The van der Waals surface area contributed by atoms with Crippen LogP contribution in [0.25, 0.3) is 16.8 Å². The number of hydrazone groups is 1. The van der Waals surface area contributed by atoms with E-state index < -0.39 is 21.8 Å². The van der Waals surface area contributed by atoms with Gasteiger partial charge in [-0.15, -0.1) is 0 Å². The molecule has 0 aliphatic rings. The van der Waals surface area contributed by atoms with Crippen LogP contribution in [0.15, 0.2) is 71.1 Å². The van der Waals surface area contributed by atoms with E-state index in [9.17, 15) is 17.2 Å². The van der Waals surface area contributed by atoms with Crippen molar-refractivity contribution in [3.05, 3.63) is 78.5 Å². The van der Waals surface area contributed by atoms with Gasteiger partial charge in [0.15, 0.2) is 0 Å². The average Bonchev–Trinajstić information content (AvgIpc) is 3.19. The molecule has 0 aliphatic heterocycles. The molecule has 4 rings (SSSR count). The Labute approximate surface area is 182 Å². The molecule has 3 heterocycles. The largest absolute Gasteiger partial charge is 0.495 e. The fourth-order valence-electron chi connectivity index (χ4n) is 3.05. The fourth-order valence-corrected chi connectivity index (χ4v) is 4.18. The number of sulfonamides is 1. The Hall–Kier alpha value is -3.86. The van der Waals surface area contributed by atoms with Crippen LogP contribution in [0.2, 0.25) is 0 Å². The second-order valence-electron chi connectivity index (χ2n) is 6.65. The molecule has 0 N–H and O–H groups in total. The maximum atomic E-state index is 14.1. The number of pyridine rings is 2. The molecule has 0 aliphatic carbocycles. The Bertz CT molecular complexity index is 1440. The molecule has 32 heavy (non-hydrogen) atoms. The third-order valence-electron chi connectivity index (χ3n) is 4.71. The van der Waals surface area contributed by atoms with Crippen LogP contribution >= 0.6 is 0 Å². The van der Waals surface area contributed by atoms with Crippen molar-refractivity contribution in [2.75, 3.05) is 14.2 Å². The standard InChI is InChI=1S/C21H17F2N5O3S/c1-27(32(29,30)19-10-15(22)6-7-18(19)31-2)26-12-16-11-25-20-8-5-14(13-28(16)20)17-4-3-9-24-21(17)23/h3-13H,1-2H3/b26-12+. The maximum Gasteiger partial charge on any atom is 0.282 e. The van der Waals surface area contributed by atoms with Gasteiger partial charge in [0.05, 0.1) is 25.2 Å². The van der Waals surface area contributed by atoms with Crippen LogP contribution in [0.3, 0.4) is 0 Å². The van der Waals surface area contributed by atoms with Crippen molar-refractivity contribution in [2.24, 2.45) is 5.10 Å². The minimum atomic E-state index is -4.18. The molecule has 0 radical (unpaired) electrons. The van der Waals surface area contributed by atoms with Gasteiger partial charge in [-0.25, -0.2) is 14.4 Å². The van der Waals surface area contributed by atoms with Gasteiger partial charge >= 0.3 is 0 Å². The predicted molar refractivity (Wildman–Crippen MR) is 114 cm³/mol. The van der Waals surface area contributed by atoms with E-state index in [0.29, 0.717) is 26.9 Å². The van der Waals surface area contributed by atoms with Crippen molar-refractivity contribution < 1.29 is 21.9 Å². The van der Waals surface area contributed by atoms with Gasteiger partial charge in [0.25, 0.3) is 10.0 Å². The summed E-state index contributed by atoms with van der Waals surface area (Å²) in [5.41, 5.74) is 1.86. The van der Waals surface area contributed by atoms with Crippen LogP contribution in [0.5, 0.6) is 5.75 Å². The minimum absolute atomic E-state index is 0.00797. The molecule has 11 heteroatoms. The van der Waals surface area contributed by atoms with Gasteiger partial charge < -0.3 is 4.74 Å². The number of methoxy groups -OCH3 is 1. The van der Waals surface area contributed by atoms with Crippen molar-refractivity contribution in [3.8, 4) is 16.9 Å². The number of rotatable bonds is 6. The number of fused-ring (bicyclic) bond motifs is 1. The zero-order chi connectivity index (χ0) is 22.9. The van der Waals surface area contributed by atoms with E-state index in [0.717, 1.165) is 12.1 Å². The van der Waals surface area contributed by atoms with Crippen LogP contribution in [0, 0.1) is 11.8 Å². The van der Waals surface area contributed by atoms with E-state index in [1.54, 1.807) is 34.9 Å². The normalized spacial score (nSPS) is 11.9. The molecular weight excluding hydrogens is 440 g/mol. The Balaban J connectivity index is 1.69. The lowest BCUT2D eigenvalue weighted by Gasteiger charge is -2.15. The molecule has 0 saturated heterocycles. The van der Waals surface area contributed by atoms with Gasteiger partial charge in [-0.2, -0.15) is 22.3 Å². The van der Waals surface area contributed by atoms with Crippen molar-refractivity contribution in [2.45, 2.75) is 4.90 Å². The van der Waals surface area contributed by atoms with Gasteiger partial charge in [0.1, 0.15) is 22.1 Å². The number of halogens is 2. The number of hydrogen-bond acceptors (Lipinski definition) is 6. The van der Waals surface area contributed by atoms with Crippen LogP contribution in [0.1, 0.15) is 5.69 Å². The van der Waals surface area contributed by atoms with E-state index >= 15 is 0 Å².